The van der Waals surface area contributed by atoms with E-state index in [1.165, 1.54) is 0 Å². The van der Waals surface area contributed by atoms with Gasteiger partial charge in [-0.1, -0.05) is 0 Å². The molecule has 0 aromatic carbocycles. The predicted octanol–water partition coefficient (Wildman–Crippen LogP) is 1.59. The largest absolute Gasteiger partial charge is 0.469 e. The normalized spacial score (nSPS) is 23.9. The van der Waals surface area contributed by atoms with Gasteiger partial charge in [-0.15, -0.1) is 0 Å². The van der Waals surface area contributed by atoms with Gasteiger partial charge in [0.1, 0.15) is 5.76 Å². The minimum Gasteiger partial charge on any atom is -0.469 e. The van der Waals surface area contributed by atoms with Crippen LogP contribution in [0.3, 0.4) is 0 Å². The highest BCUT2D eigenvalue weighted by molar-refractivity contribution is 5.00. The van der Waals surface area contributed by atoms with Crippen LogP contribution in [0.5, 0.6) is 0 Å². The summed E-state index contributed by atoms with van der Waals surface area (Å²) >= 11 is 0. The summed E-state index contributed by atoms with van der Waals surface area (Å²) in [5, 5.41) is 3.53. The van der Waals surface area contributed by atoms with Crippen molar-refractivity contribution in [2.45, 2.75) is 31.8 Å². The lowest BCUT2D eigenvalue weighted by Crippen LogP contribution is -2.37. The van der Waals surface area contributed by atoms with Crippen molar-refractivity contribution in [2.24, 2.45) is 0 Å². The fourth-order valence-electron chi connectivity index (χ4n) is 1.86. The molecule has 1 fully saturated rings. The Hall–Kier alpha value is -0.800. The van der Waals surface area contributed by atoms with Crippen LogP contribution in [0.2, 0.25) is 0 Å². The third-order valence-electron chi connectivity index (χ3n) is 2.54. The zero-order valence-corrected chi connectivity index (χ0v) is 8.53. The Kier molecular flexibility index (Phi) is 3.22. The van der Waals surface area contributed by atoms with Gasteiger partial charge < -0.3 is 14.5 Å². The molecule has 3 heteroatoms. The molecule has 0 aliphatic carbocycles. The molecule has 0 amide bonds. The van der Waals surface area contributed by atoms with E-state index < -0.39 is 0 Å². The fourth-order valence-corrected chi connectivity index (χ4v) is 1.86. The molecule has 1 aliphatic heterocycles. The highest BCUT2D eigenvalue weighted by Crippen LogP contribution is 2.08. The smallest absolute Gasteiger partial charge is 0.105 e. The third kappa shape index (κ3) is 2.59. The minimum absolute atomic E-state index is 0.452. The molecule has 2 unspecified atom stereocenters. The SMILES string of the molecule is CC(Cc1ccco1)NC1CCOC1. The Labute approximate surface area is 84.4 Å². The maximum absolute atomic E-state index is 5.31. The number of ether oxygens (including phenoxy) is 1. The second-order valence-electron chi connectivity index (χ2n) is 3.91. The second kappa shape index (κ2) is 4.62. The molecule has 1 aliphatic rings. The lowest BCUT2D eigenvalue weighted by molar-refractivity contribution is 0.188. The number of furan rings is 1. The summed E-state index contributed by atoms with van der Waals surface area (Å²) in [7, 11) is 0. The molecule has 1 aromatic rings. The molecule has 78 valence electrons. The maximum Gasteiger partial charge on any atom is 0.105 e. The van der Waals surface area contributed by atoms with E-state index in [9.17, 15) is 0 Å². The van der Waals surface area contributed by atoms with Gasteiger partial charge in [0.05, 0.1) is 12.9 Å². The average molecular weight is 195 g/mol. The van der Waals surface area contributed by atoms with Crippen LogP contribution in [0.25, 0.3) is 0 Å². The average Bonchev–Trinajstić information content (AvgIpc) is 2.76. The Morgan fingerprint density at radius 2 is 2.57 bits per heavy atom. The van der Waals surface area contributed by atoms with E-state index in [4.69, 9.17) is 9.15 Å². The van der Waals surface area contributed by atoms with E-state index in [1.807, 2.05) is 12.1 Å². The maximum atomic E-state index is 5.31. The first-order chi connectivity index (χ1) is 6.84. The van der Waals surface area contributed by atoms with Gasteiger partial charge in [0.25, 0.3) is 0 Å². The van der Waals surface area contributed by atoms with Gasteiger partial charge in [-0.3, -0.25) is 0 Å². The summed E-state index contributed by atoms with van der Waals surface area (Å²) < 4.78 is 10.6. The number of rotatable bonds is 4. The van der Waals surface area contributed by atoms with Gasteiger partial charge >= 0.3 is 0 Å². The first-order valence-electron chi connectivity index (χ1n) is 5.21. The summed E-state index contributed by atoms with van der Waals surface area (Å²) in [5.74, 6) is 1.05. The van der Waals surface area contributed by atoms with Crippen molar-refractivity contribution >= 4 is 0 Å². The summed E-state index contributed by atoms with van der Waals surface area (Å²) in [4.78, 5) is 0. The van der Waals surface area contributed by atoms with Crippen LogP contribution >= 0.6 is 0 Å². The van der Waals surface area contributed by atoms with E-state index in [-0.39, 0.29) is 0 Å². The van der Waals surface area contributed by atoms with E-state index in [2.05, 4.69) is 12.2 Å². The molecule has 0 saturated carbocycles. The summed E-state index contributed by atoms with van der Waals surface area (Å²) in [6.07, 6.45) is 3.80. The molecule has 3 nitrogen and oxygen atoms in total. The first kappa shape index (κ1) is 9.74. The molecule has 1 N–H and O–H groups in total. The minimum atomic E-state index is 0.452. The van der Waals surface area contributed by atoms with Crippen LogP contribution < -0.4 is 5.32 Å². The number of nitrogens with one attached hydrogen (secondary N) is 1. The van der Waals surface area contributed by atoms with Gasteiger partial charge in [-0.05, 0) is 25.5 Å². The molecular formula is C11H17NO2. The lowest BCUT2D eigenvalue weighted by atomic mass is 10.1. The molecule has 14 heavy (non-hydrogen) atoms. The van der Waals surface area contributed by atoms with Crippen LogP contribution in [-0.4, -0.2) is 25.3 Å². The summed E-state index contributed by atoms with van der Waals surface area (Å²) in [6.45, 7) is 3.93. The van der Waals surface area contributed by atoms with Crippen LogP contribution in [0.1, 0.15) is 19.1 Å². The Bertz CT molecular complexity index is 252. The standard InChI is InChI=1S/C11H17NO2/c1-9(7-11-3-2-5-14-11)12-10-4-6-13-8-10/h2-3,5,9-10,12H,4,6-8H2,1H3. The second-order valence-corrected chi connectivity index (χ2v) is 3.91. The molecule has 2 atom stereocenters. The Morgan fingerprint density at radius 1 is 1.64 bits per heavy atom. The molecule has 1 saturated heterocycles. The highest BCUT2D eigenvalue weighted by atomic mass is 16.5. The van der Waals surface area contributed by atoms with Crippen molar-refractivity contribution < 1.29 is 9.15 Å². The van der Waals surface area contributed by atoms with Gasteiger partial charge in [0.2, 0.25) is 0 Å². The van der Waals surface area contributed by atoms with Gasteiger partial charge in [-0.25, -0.2) is 0 Å². The van der Waals surface area contributed by atoms with Crippen LogP contribution in [0.15, 0.2) is 22.8 Å². The van der Waals surface area contributed by atoms with E-state index in [1.54, 1.807) is 6.26 Å². The Morgan fingerprint density at radius 3 is 3.21 bits per heavy atom. The van der Waals surface area contributed by atoms with Gasteiger partial charge in [-0.2, -0.15) is 0 Å². The topological polar surface area (TPSA) is 34.4 Å². The molecule has 0 bridgehead atoms. The molecule has 0 spiro atoms. The van der Waals surface area contributed by atoms with Crippen LogP contribution in [0, 0.1) is 0 Å². The number of hydrogen-bond donors (Lipinski definition) is 1. The lowest BCUT2D eigenvalue weighted by Gasteiger charge is -2.16. The van der Waals surface area contributed by atoms with E-state index in [0.717, 1.165) is 31.8 Å². The van der Waals surface area contributed by atoms with Crippen molar-refractivity contribution in [1.29, 1.82) is 0 Å². The summed E-state index contributed by atoms with van der Waals surface area (Å²) in [6, 6.07) is 4.93. The molecule has 2 heterocycles. The van der Waals surface area contributed by atoms with Gasteiger partial charge in [0.15, 0.2) is 0 Å². The number of hydrogen-bond acceptors (Lipinski definition) is 3. The molecule has 2 rings (SSSR count). The van der Waals surface area contributed by atoms with Crippen molar-refractivity contribution in [3.8, 4) is 0 Å². The summed E-state index contributed by atoms with van der Waals surface area (Å²) in [5.41, 5.74) is 0. The van der Waals surface area contributed by atoms with Crippen LogP contribution in [0.4, 0.5) is 0 Å². The van der Waals surface area contributed by atoms with Crippen molar-refractivity contribution in [3.63, 3.8) is 0 Å². The predicted molar refractivity (Wildman–Crippen MR) is 54.2 cm³/mol. The highest BCUT2D eigenvalue weighted by Gasteiger charge is 2.17. The first-order valence-corrected chi connectivity index (χ1v) is 5.21. The monoisotopic (exact) mass is 195 g/mol. The van der Waals surface area contributed by atoms with Crippen molar-refractivity contribution in [2.75, 3.05) is 13.2 Å². The van der Waals surface area contributed by atoms with E-state index in [0.29, 0.717) is 12.1 Å². The van der Waals surface area contributed by atoms with E-state index >= 15 is 0 Å². The van der Waals surface area contributed by atoms with Crippen molar-refractivity contribution in [1.82, 2.24) is 5.32 Å². The van der Waals surface area contributed by atoms with Crippen molar-refractivity contribution in [3.05, 3.63) is 24.2 Å². The van der Waals surface area contributed by atoms with Crippen LogP contribution in [-0.2, 0) is 11.2 Å². The van der Waals surface area contributed by atoms with Gasteiger partial charge in [0, 0.05) is 25.1 Å². The zero-order valence-electron chi connectivity index (χ0n) is 8.53. The quantitative estimate of drug-likeness (QED) is 0.792. The fraction of sp³-hybridized carbons (Fsp3) is 0.636. The third-order valence-corrected chi connectivity index (χ3v) is 2.54. The molecular weight excluding hydrogens is 178 g/mol. The Balaban J connectivity index is 1.75. The zero-order chi connectivity index (χ0) is 9.80. The molecule has 0 radical (unpaired) electrons. The molecule has 1 aromatic heterocycles.